The first-order chi connectivity index (χ1) is 14.9. The summed E-state index contributed by atoms with van der Waals surface area (Å²) in [7, 11) is -5.86. The first-order valence-electron chi connectivity index (χ1n) is 9.71. The van der Waals surface area contributed by atoms with Crippen LogP contribution in [0.3, 0.4) is 0 Å². The summed E-state index contributed by atoms with van der Waals surface area (Å²) < 4.78 is 64.7. The second-order valence-electron chi connectivity index (χ2n) is 7.92. The van der Waals surface area contributed by atoms with Crippen molar-refractivity contribution in [2.45, 2.75) is 25.4 Å². The summed E-state index contributed by atoms with van der Waals surface area (Å²) in [6.07, 6.45) is 0. The van der Waals surface area contributed by atoms with Gasteiger partial charge in [-0.15, -0.1) is 0 Å². The van der Waals surface area contributed by atoms with E-state index in [9.17, 15) is 31.2 Å². The molecule has 10 heteroatoms. The Labute approximate surface area is 181 Å². The number of hydrogen-bond acceptors (Lipinski definition) is 5. The maximum Gasteiger partial charge on any atom is 0.523 e. The molecule has 2 amide bonds. The third kappa shape index (κ3) is 3.63. The van der Waals surface area contributed by atoms with E-state index in [0.29, 0.717) is 0 Å². The molecule has 3 aromatic rings. The molecule has 0 N–H and O–H groups in total. The smallest absolute Gasteiger partial charge is 0.269 e. The maximum absolute atomic E-state index is 13.1. The zero-order valence-electron chi connectivity index (χ0n) is 17.0. The number of halogens is 3. The number of rotatable bonds is 5. The van der Waals surface area contributed by atoms with E-state index in [-0.39, 0.29) is 11.1 Å². The van der Waals surface area contributed by atoms with Gasteiger partial charge in [-0.05, 0) is 51.7 Å². The van der Waals surface area contributed by atoms with Gasteiger partial charge in [0.15, 0.2) is 0 Å². The minimum Gasteiger partial charge on any atom is -0.269 e. The largest absolute Gasteiger partial charge is 0.523 e. The Morgan fingerprint density at radius 1 is 0.875 bits per heavy atom. The highest BCUT2D eigenvalue weighted by Crippen LogP contribution is 2.33. The molecule has 1 atom stereocenters. The van der Waals surface area contributed by atoms with E-state index in [1.165, 1.54) is 0 Å². The number of amides is 2. The molecule has 0 saturated heterocycles. The lowest BCUT2D eigenvalue weighted by molar-refractivity contribution is -0.0555. The van der Waals surface area contributed by atoms with Gasteiger partial charge in [-0.3, -0.25) is 18.7 Å². The zero-order chi connectivity index (χ0) is 23.4. The van der Waals surface area contributed by atoms with Crippen molar-refractivity contribution in [3.8, 4) is 0 Å². The van der Waals surface area contributed by atoms with Crippen molar-refractivity contribution in [3.63, 3.8) is 0 Å². The molecule has 32 heavy (non-hydrogen) atoms. The van der Waals surface area contributed by atoms with Gasteiger partial charge in [-0.25, -0.2) is 0 Å². The summed E-state index contributed by atoms with van der Waals surface area (Å²) in [4.78, 5) is 26.9. The molecule has 6 nitrogen and oxygen atoms in total. The monoisotopic (exact) mass is 465 g/mol. The fourth-order valence-electron chi connectivity index (χ4n) is 3.79. The Balaban J connectivity index is 1.72. The average Bonchev–Trinajstić information content (AvgIpc) is 2.94. The van der Waals surface area contributed by atoms with Crippen LogP contribution in [-0.2, 0) is 14.3 Å². The molecule has 4 rings (SSSR count). The number of carbonyl (C=O) groups is 2. The molecule has 0 spiro atoms. The van der Waals surface area contributed by atoms with Crippen molar-refractivity contribution in [2.75, 3.05) is 6.61 Å². The fraction of sp³-hybridized carbons (Fsp3) is 0.273. The van der Waals surface area contributed by atoms with Gasteiger partial charge in [0.25, 0.3) is 11.8 Å². The molecule has 168 valence electrons. The predicted octanol–water partition coefficient (Wildman–Crippen LogP) is 4.48. The topological polar surface area (TPSA) is 80.8 Å². The van der Waals surface area contributed by atoms with E-state index in [4.69, 9.17) is 0 Å². The number of alkyl halides is 3. The quantitative estimate of drug-likeness (QED) is 0.240. The fourth-order valence-corrected chi connectivity index (χ4v) is 4.24. The van der Waals surface area contributed by atoms with Gasteiger partial charge in [0.1, 0.15) is 0 Å². The van der Waals surface area contributed by atoms with E-state index < -0.39 is 46.0 Å². The summed E-state index contributed by atoms with van der Waals surface area (Å²) in [6, 6.07) is 13.3. The third-order valence-electron chi connectivity index (χ3n) is 5.52. The highest BCUT2D eigenvalue weighted by atomic mass is 32.2. The maximum atomic E-state index is 13.1. The van der Waals surface area contributed by atoms with Gasteiger partial charge in [0.05, 0.1) is 23.8 Å². The van der Waals surface area contributed by atoms with Crippen LogP contribution in [0.4, 0.5) is 13.2 Å². The van der Waals surface area contributed by atoms with Gasteiger partial charge >= 0.3 is 15.6 Å². The zero-order valence-corrected chi connectivity index (χ0v) is 17.8. The molecule has 1 heterocycles. The molecule has 1 unspecified atom stereocenters. The predicted molar refractivity (Wildman–Crippen MR) is 112 cm³/mol. The van der Waals surface area contributed by atoms with E-state index in [1.807, 2.05) is 36.4 Å². The average molecular weight is 465 g/mol. The number of imide groups is 1. The molecule has 3 aromatic carbocycles. The first-order valence-corrected chi connectivity index (χ1v) is 11.1. The Morgan fingerprint density at radius 2 is 1.34 bits per heavy atom. The summed E-state index contributed by atoms with van der Waals surface area (Å²) in [5, 5.41) is 3.34. The molecule has 1 aliphatic heterocycles. The van der Waals surface area contributed by atoms with Gasteiger partial charge in [-0.2, -0.15) is 21.6 Å². The molecule has 0 bridgehead atoms. The van der Waals surface area contributed by atoms with Crippen LogP contribution in [0, 0.1) is 5.92 Å². The highest BCUT2D eigenvalue weighted by molar-refractivity contribution is 7.87. The number of benzene rings is 3. The Morgan fingerprint density at radius 3 is 1.75 bits per heavy atom. The Kier molecular flexibility index (Phi) is 5.25. The van der Waals surface area contributed by atoms with E-state index >= 15 is 0 Å². The lowest BCUT2D eigenvalue weighted by atomic mass is 9.99. The SMILES string of the molecule is CC(C)C(COS(=O)(=O)C(F)(F)F)N1C(=O)c2cc3cc4ccccc4cc3cc2C1=O. The van der Waals surface area contributed by atoms with Crippen molar-refractivity contribution >= 4 is 43.5 Å². The lowest BCUT2D eigenvalue weighted by Crippen LogP contribution is -2.46. The van der Waals surface area contributed by atoms with Gasteiger partial charge in [0, 0.05) is 0 Å². The van der Waals surface area contributed by atoms with Crippen molar-refractivity contribution in [1.29, 1.82) is 0 Å². The second kappa shape index (κ2) is 7.56. The number of hydrogen-bond donors (Lipinski definition) is 0. The lowest BCUT2D eigenvalue weighted by Gasteiger charge is -2.29. The Bertz CT molecular complexity index is 1290. The molecule has 0 saturated carbocycles. The highest BCUT2D eigenvalue weighted by Gasteiger charge is 2.49. The van der Waals surface area contributed by atoms with E-state index in [2.05, 4.69) is 4.18 Å². The Hall–Kier alpha value is -2.98. The van der Waals surface area contributed by atoms with Crippen LogP contribution in [0.15, 0.2) is 48.5 Å². The van der Waals surface area contributed by atoms with Crippen LogP contribution in [0.5, 0.6) is 0 Å². The number of carbonyl (C=O) groups excluding carboxylic acids is 2. The van der Waals surface area contributed by atoms with Crippen LogP contribution >= 0.6 is 0 Å². The number of nitrogens with zero attached hydrogens (tertiary/aromatic N) is 1. The molecular formula is C22H18F3NO5S. The minimum absolute atomic E-state index is 0.113. The van der Waals surface area contributed by atoms with Crippen molar-refractivity contribution < 1.29 is 35.4 Å². The summed E-state index contributed by atoms with van der Waals surface area (Å²) in [6.45, 7) is 2.12. The molecule has 0 aliphatic carbocycles. The molecular weight excluding hydrogens is 447 g/mol. The molecule has 1 aliphatic rings. The number of fused-ring (bicyclic) bond motifs is 3. The van der Waals surface area contributed by atoms with Gasteiger partial charge < -0.3 is 0 Å². The first kappa shape index (κ1) is 22.2. The van der Waals surface area contributed by atoms with Crippen LogP contribution in [0.25, 0.3) is 21.5 Å². The summed E-state index contributed by atoms with van der Waals surface area (Å²) in [5.74, 6) is -1.96. The van der Waals surface area contributed by atoms with Crippen LogP contribution < -0.4 is 0 Å². The van der Waals surface area contributed by atoms with Crippen molar-refractivity contribution in [1.82, 2.24) is 4.90 Å². The molecule has 0 fully saturated rings. The molecule has 0 radical (unpaired) electrons. The summed E-state index contributed by atoms with van der Waals surface area (Å²) >= 11 is 0. The van der Waals surface area contributed by atoms with E-state index in [0.717, 1.165) is 26.4 Å². The van der Waals surface area contributed by atoms with Gasteiger partial charge in [-0.1, -0.05) is 38.1 Å². The summed E-state index contributed by atoms with van der Waals surface area (Å²) in [5.41, 5.74) is -5.37. The molecule has 0 aromatic heterocycles. The van der Waals surface area contributed by atoms with Crippen molar-refractivity contribution in [2.24, 2.45) is 5.92 Å². The van der Waals surface area contributed by atoms with Crippen LogP contribution in [0.1, 0.15) is 34.6 Å². The van der Waals surface area contributed by atoms with E-state index in [1.54, 1.807) is 26.0 Å². The van der Waals surface area contributed by atoms with Crippen molar-refractivity contribution in [3.05, 3.63) is 59.7 Å². The second-order valence-corrected chi connectivity index (χ2v) is 9.53. The minimum atomic E-state index is -5.86. The van der Waals surface area contributed by atoms with Crippen LogP contribution in [-0.4, -0.2) is 43.3 Å². The van der Waals surface area contributed by atoms with Crippen LogP contribution in [0.2, 0.25) is 0 Å². The standard InChI is InChI=1S/C22H18F3NO5S/c1-12(2)19(11-31-32(29,30)22(23,24)25)26-20(27)17-9-15-7-13-5-3-4-6-14(13)8-16(15)10-18(17)21(26)28/h3-10,12,19H,11H2,1-2H3. The normalized spacial score (nSPS) is 15.8. The third-order valence-corrected chi connectivity index (χ3v) is 6.53. The van der Waals surface area contributed by atoms with Gasteiger partial charge in [0.2, 0.25) is 0 Å².